The Balaban J connectivity index is 1.96. The van der Waals surface area contributed by atoms with Crippen LogP contribution in [0.5, 0.6) is 5.75 Å². The first-order chi connectivity index (χ1) is 17.9. The number of thioether (sulfide) groups is 1. The molecule has 0 unspecified atom stereocenters. The van der Waals surface area contributed by atoms with Crippen molar-refractivity contribution in [2.24, 2.45) is 4.99 Å². The number of nitriles is 2. The molecular weight excluding hydrogens is 503 g/mol. The van der Waals surface area contributed by atoms with E-state index in [-0.39, 0.29) is 37.4 Å². The lowest BCUT2D eigenvalue weighted by Gasteiger charge is -2.36. The van der Waals surface area contributed by atoms with Gasteiger partial charge in [0, 0.05) is 24.6 Å². The summed E-state index contributed by atoms with van der Waals surface area (Å²) in [6.45, 7) is 0.998. The topological polar surface area (TPSA) is 94.5 Å². The fraction of sp³-hybridized carbons (Fsp3) is 0.308. The lowest BCUT2D eigenvalue weighted by molar-refractivity contribution is -0.133. The number of alkyl halides is 3. The van der Waals surface area contributed by atoms with E-state index in [0.717, 1.165) is 5.57 Å². The SMILES string of the molecule is C=C(/C=C\C=NC)CSc1nc(N2CC(F)C2)c(C#N)c(-c2ccc(OCCOC(F)F)cc2)c1C#N. The first kappa shape index (κ1) is 27.8. The summed E-state index contributed by atoms with van der Waals surface area (Å²) in [5.74, 6) is 1.15. The number of hydrogen-bond donors (Lipinski definition) is 0. The number of allylic oxidation sites excluding steroid dienone is 2. The molecule has 2 aromatic rings. The Morgan fingerprint density at radius 2 is 1.95 bits per heavy atom. The van der Waals surface area contributed by atoms with Gasteiger partial charge >= 0.3 is 6.61 Å². The molecule has 37 heavy (non-hydrogen) atoms. The maximum absolute atomic E-state index is 13.7. The summed E-state index contributed by atoms with van der Waals surface area (Å²) < 4.78 is 47.5. The maximum atomic E-state index is 13.7. The largest absolute Gasteiger partial charge is 0.491 e. The monoisotopic (exact) mass is 527 g/mol. The van der Waals surface area contributed by atoms with Crippen LogP contribution in [0.3, 0.4) is 0 Å². The van der Waals surface area contributed by atoms with Crippen LogP contribution in [-0.2, 0) is 4.74 Å². The molecule has 7 nitrogen and oxygen atoms in total. The highest BCUT2D eigenvalue weighted by Gasteiger charge is 2.32. The molecule has 2 heterocycles. The summed E-state index contributed by atoms with van der Waals surface area (Å²) in [6, 6.07) is 10.9. The van der Waals surface area contributed by atoms with Crippen molar-refractivity contribution in [2.45, 2.75) is 17.8 Å². The standard InChI is InChI=1S/C26H24F3N5O2S/c1-17(4-3-9-32-2)16-37-25-22(13-31)23(21(12-30)24(33-25)34-14-19(27)15-34)18-5-7-20(8-6-18)35-10-11-36-26(28)29/h3-9,19,26H,1,10-11,14-16H2,2H3/b4-3-,32-9?. The third kappa shape index (κ3) is 7.35. The quantitative estimate of drug-likeness (QED) is 0.163. The van der Waals surface area contributed by atoms with Crippen LogP contribution in [0.4, 0.5) is 19.0 Å². The molecule has 0 atom stereocenters. The molecule has 0 radical (unpaired) electrons. The van der Waals surface area contributed by atoms with Crippen LogP contribution in [0.25, 0.3) is 11.1 Å². The van der Waals surface area contributed by atoms with Gasteiger partial charge in [-0.25, -0.2) is 9.37 Å². The van der Waals surface area contributed by atoms with E-state index in [4.69, 9.17) is 4.74 Å². The number of benzene rings is 1. The number of nitrogens with zero attached hydrogens (tertiary/aromatic N) is 5. The van der Waals surface area contributed by atoms with Crippen molar-refractivity contribution >= 4 is 23.8 Å². The molecule has 11 heteroatoms. The molecule has 1 aliphatic rings. The van der Waals surface area contributed by atoms with Crippen LogP contribution in [-0.4, -0.2) is 63.1 Å². The minimum absolute atomic E-state index is 0.0709. The highest BCUT2D eigenvalue weighted by Crippen LogP contribution is 2.39. The fourth-order valence-electron chi connectivity index (χ4n) is 3.47. The third-order valence-electron chi connectivity index (χ3n) is 5.21. The van der Waals surface area contributed by atoms with Crippen molar-refractivity contribution < 1.29 is 22.6 Å². The fourth-order valence-corrected chi connectivity index (χ4v) is 4.33. The Kier molecular flexibility index (Phi) is 10.1. The zero-order chi connectivity index (χ0) is 26.8. The van der Waals surface area contributed by atoms with Crippen LogP contribution in [0.1, 0.15) is 11.1 Å². The van der Waals surface area contributed by atoms with E-state index in [1.165, 1.54) is 11.8 Å². The van der Waals surface area contributed by atoms with Gasteiger partial charge in [-0.1, -0.05) is 24.8 Å². The molecule has 192 valence electrons. The van der Waals surface area contributed by atoms with Crippen molar-refractivity contribution in [1.82, 2.24) is 4.98 Å². The smallest absolute Gasteiger partial charge is 0.345 e. The number of anilines is 1. The van der Waals surface area contributed by atoms with Crippen LogP contribution in [0.2, 0.25) is 0 Å². The lowest BCUT2D eigenvalue weighted by atomic mass is 9.95. The van der Waals surface area contributed by atoms with Gasteiger partial charge in [-0.3, -0.25) is 4.99 Å². The second-order valence-electron chi connectivity index (χ2n) is 7.81. The molecular formula is C26H24F3N5O2S. The predicted molar refractivity (Wildman–Crippen MR) is 137 cm³/mol. The molecule has 1 fully saturated rings. The highest BCUT2D eigenvalue weighted by atomic mass is 32.2. The van der Waals surface area contributed by atoms with Crippen molar-refractivity contribution in [2.75, 3.05) is 44.0 Å². The van der Waals surface area contributed by atoms with E-state index in [1.54, 1.807) is 54.6 Å². The van der Waals surface area contributed by atoms with Crippen molar-refractivity contribution in [3.63, 3.8) is 0 Å². The number of aliphatic imine (C=N–C) groups is 1. The van der Waals surface area contributed by atoms with Crippen molar-refractivity contribution in [1.29, 1.82) is 10.5 Å². The molecule has 1 aliphatic heterocycles. The Morgan fingerprint density at radius 3 is 2.54 bits per heavy atom. The van der Waals surface area contributed by atoms with E-state index >= 15 is 0 Å². The number of pyridine rings is 1. The van der Waals surface area contributed by atoms with E-state index in [0.29, 0.717) is 33.5 Å². The summed E-state index contributed by atoms with van der Waals surface area (Å²) in [5, 5.41) is 20.5. The molecule has 0 aliphatic carbocycles. The van der Waals surface area contributed by atoms with E-state index in [2.05, 4.69) is 33.4 Å². The van der Waals surface area contributed by atoms with Gasteiger partial charge in [-0.15, -0.1) is 11.8 Å². The number of hydrogen-bond acceptors (Lipinski definition) is 8. The Hall–Kier alpha value is -3.80. The summed E-state index contributed by atoms with van der Waals surface area (Å²) in [6.07, 6.45) is 4.16. The second kappa shape index (κ2) is 13.5. The van der Waals surface area contributed by atoms with E-state index in [1.807, 2.05) is 0 Å². The Morgan fingerprint density at radius 1 is 1.24 bits per heavy atom. The zero-order valence-electron chi connectivity index (χ0n) is 20.0. The normalized spacial score (nSPS) is 13.6. The van der Waals surface area contributed by atoms with Gasteiger partial charge < -0.3 is 14.4 Å². The molecule has 1 aromatic carbocycles. The molecule has 0 saturated carbocycles. The van der Waals surface area contributed by atoms with Crippen LogP contribution < -0.4 is 9.64 Å². The van der Waals surface area contributed by atoms with Crippen LogP contribution in [0.15, 0.2) is 58.6 Å². The molecule has 0 N–H and O–H groups in total. The van der Waals surface area contributed by atoms with Gasteiger partial charge in [-0.05, 0) is 29.3 Å². The van der Waals surface area contributed by atoms with Gasteiger partial charge in [0.1, 0.15) is 47.1 Å². The van der Waals surface area contributed by atoms with Gasteiger partial charge in [0.15, 0.2) is 0 Å². The average Bonchev–Trinajstić information content (AvgIpc) is 2.87. The Labute approximate surface area is 217 Å². The Bertz CT molecular complexity index is 1250. The summed E-state index contributed by atoms with van der Waals surface area (Å²) in [5.41, 5.74) is 2.10. The molecule has 0 bridgehead atoms. The number of rotatable bonds is 12. The van der Waals surface area contributed by atoms with Crippen molar-refractivity contribution in [3.05, 3.63) is 59.7 Å². The van der Waals surface area contributed by atoms with Gasteiger partial charge in [-0.2, -0.15) is 19.3 Å². The minimum Gasteiger partial charge on any atom is -0.491 e. The van der Waals surface area contributed by atoms with E-state index < -0.39 is 12.8 Å². The van der Waals surface area contributed by atoms with Crippen LogP contribution in [0, 0.1) is 22.7 Å². The second-order valence-corrected chi connectivity index (χ2v) is 8.77. The number of ether oxygens (including phenoxy) is 2. The summed E-state index contributed by atoms with van der Waals surface area (Å²) in [4.78, 5) is 10.1. The van der Waals surface area contributed by atoms with Gasteiger partial charge in [0.25, 0.3) is 0 Å². The zero-order valence-corrected chi connectivity index (χ0v) is 20.8. The first-order valence-corrected chi connectivity index (χ1v) is 12.2. The third-order valence-corrected chi connectivity index (χ3v) is 6.29. The molecule has 1 aromatic heterocycles. The molecule has 0 amide bonds. The average molecular weight is 528 g/mol. The molecule has 0 spiro atoms. The lowest BCUT2D eigenvalue weighted by Crippen LogP contribution is -2.49. The number of aromatic nitrogens is 1. The van der Waals surface area contributed by atoms with Gasteiger partial charge in [0.05, 0.1) is 25.3 Å². The predicted octanol–water partition coefficient (Wildman–Crippen LogP) is 5.17. The molecule has 3 rings (SSSR count). The van der Waals surface area contributed by atoms with Crippen molar-refractivity contribution in [3.8, 4) is 29.0 Å². The highest BCUT2D eigenvalue weighted by molar-refractivity contribution is 7.99. The maximum Gasteiger partial charge on any atom is 0.345 e. The summed E-state index contributed by atoms with van der Waals surface area (Å²) >= 11 is 1.29. The number of halogens is 3. The molecule has 1 saturated heterocycles. The van der Waals surface area contributed by atoms with E-state index in [9.17, 15) is 23.7 Å². The minimum atomic E-state index is -2.87. The van der Waals surface area contributed by atoms with Gasteiger partial charge in [0.2, 0.25) is 0 Å². The van der Waals surface area contributed by atoms with Crippen LogP contribution >= 0.6 is 11.8 Å². The summed E-state index contributed by atoms with van der Waals surface area (Å²) in [7, 11) is 1.66. The first-order valence-electron chi connectivity index (χ1n) is 11.2.